The largest absolute Gasteiger partial charge is 0.456 e. The Morgan fingerprint density at radius 1 is 1.24 bits per heavy atom. The zero-order valence-corrected chi connectivity index (χ0v) is 15.0. The fraction of sp³-hybridized carbons (Fsp3) is 0.133. The van der Waals surface area contributed by atoms with E-state index in [9.17, 15) is 18.0 Å². The molecule has 1 heterocycles. The molecule has 2 aromatic rings. The first-order valence-electron chi connectivity index (χ1n) is 6.76. The number of Topliss-reactive ketones (excluding diaryl/α,β-unsaturated/α-hetero) is 1. The van der Waals surface area contributed by atoms with Gasteiger partial charge in [0.15, 0.2) is 6.61 Å². The molecule has 25 heavy (non-hydrogen) atoms. The van der Waals surface area contributed by atoms with E-state index < -0.39 is 34.9 Å². The molecule has 10 heteroatoms. The summed E-state index contributed by atoms with van der Waals surface area (Å²) >= 11 is 6.76. The van der Waals surface area contributed by atoms with Crippen LogP contribution in [0.1, 0.15) is 15.2 Å². The van der Waals surface area contributed by atoms with Crippen molar-refractivity contribution in [3.05, 3.63) is 51.2 Å². The average molecular weight is 399 g/mol. The van der Waals surface area contributed by atoms with Crippen LogP contribution in [0.3, 0.4) is 0 Å². The number of esters is 1. The third-order valence-corrected chi connectivity index (χ3v) is 5.65. The van der Waals surface area contributed by atoms with Gasteiger partial charge < -0.3 is 4.74 Å². The number of hydrogen-bond acceptors (Lipinski definition) is 7. The fourth-order valence-corrected chi connectivity index (χ4v) is 3.85. The Kier molecular flexibility index (Phi) is 6.27. The van der Waals surface area contributed by atoms with Gasteiger partial charge in [0.25, 0.3) is 0 Å². The van der Waals surface area contributed by atoms with E-state index in [0.29, 0.717) is 9.21 Å². The van der Waals surface area contributed by atoms with Crippen molar-refractivity contribution in [1.82, 2.24) is 4.72 Å². The van der Waals surface area contributed by atoms with Gasteiger partial charge in [0.1, 0.15) is 12.6 Å². The van der Waals surface area contributed by atoms with Crippen LogP contribution in [0.4, 0.5) is 0 Å². The summed E-state index contributed by atoms with van der Waals surface area (Å²) in [6.45, 7) is -1.19. The van der Waals surface area contributed by atoms with Crippen LogP contribution >= 0.6 is 22.9 Å². The highest BCUT2D eigenvalue weighted by atomic mass is 35.5. The third-order valence-electron chi connectivity index (χ3n) is 2.92. The molecular weight excluding hydrogens is 388 g/mol. The van der Waals surface area contributed by atoms with E-state index >= 15 is 0 Å². The van der Waals surface area contributed by atoms with Crippen LogP contribution in [0.2, 0.25) is 4.34 Å². The van der Waals surface area contributed by atoms with Gasteiger partial charge in [-0.15, -0.1) is 11.3 Å². The Morgan fingerprint density at radius 2 is 1.96 bits per heavy atom. The Balaban J connectivity index is 1.91. The van der Waals surface area contributed by atoms with Crippen LogP contribution in [-0.4, -0.2) is 33.3 Å². The monoisotopic (exact) mass is 398 g/mol. The minimum Gasteiger partial charge on any atom is -0.456 e. The van der Waals surface area contributed by atoms with E-state index in [0.717, 1.165) is 11.3 Å². The molecule has 2 rings (SSSR count). The number of nitrogens with zero attached hydrogens (tertiary/aromatic N) is 1. The van der Waals surface area contributed by atoms with Gasteiger partial charge in [0.2, 0.25) is 15.8 Å². The van der Waals surface area contributed by atoms with Crippen molar-refractivity contribution in [3.63, 3.8) is 0 Å². The number of thiophene rings is 1. The van der Waals surface area contributed by atoms with Crippen molar-refractivity contribution < 1.29 is 22.7 Å². The molecule has 0 saturated heterocycles. The van der Waals surface area contributed by atoms with E-state index in [4.69, 9.17) is 21.6 Å². The average Bonchev–Trinajstić information content (AvgIpc) is 3.04. The lowest BCUT2D eigenvalue weighted by Gasteiger charge is -2.08. The van der Waals surface area contributed by atoms with Crippen LogP contribution in [0.15, 0.2) is 41.3 Å². The van der Waals surface area contributed by atoms with Crippen molar-refractivity contribution in [2.75, 3.05) is 13.2 Å². The number of nitrogens with one attached hydrogen (secondary N) is 1. The normalized spacial score (nSPS) is 10.9. The number of benzene rings is 1. The number of ether oxygens (including phenoxy) is 1. The number of ketones is 1. The highest BCUT2D eigenvalue weighted by molar-refractivity contribution is 7.89. The molecule has 0 unspecified atom stereocenters. The first-order chi connectivity index (χ1) is 11.8. The first kappa shape index (κ1) is 19.1. The van der Waals surface area contributed by atoms with Gasteiger partial charge in [0.05, 0.1) is 19.7 Å². The second-order valence-electron chi connectivity index (χ2n) is 4.62. The number of carbonyl (C=O) groups excluding carboxylic acids is 2. The number of halogens is 1. The lowest BCUT2D eigenvalue weighted by atomic mass is 10.2. The highest BCUT2D eigenvalue weighted by Crippen LogP contribution is 2.21. The molecule has 1 aromatic carbocycles. The molecular formula is C15H11ClN2O5S2. The molecule has 7 nitrogen and oxygen atoms in total. The summed E-state index contributed by atoms with van der Waals surface area (Å²) in [4.78, 5) is 23.5. The molecule has 0 aliphatic heterocycles. The predicted octanol–water partition coefficient (Wildman–Crippen LogP) is 1.98. The second kappa shape index (κ2) is 8.22. The lowest BCUT2D eigenvalue weighted by Crippen LogP contribution is -2.32. The van der Waals surface area contributed by atoms with Crippen LogP contribution in [-0.2, 0) is 19.6 Å². The van der Waals surface area contributed by atoms with Crippen molar-refractivity contribution >= 4 is 44.7 Å². The molecule has 0 radical (unpaired) electrons. The minimum atomic E-state index is -4.06. The molecule has 0 atom stereocenters. The predicted molar refractivity (Wildman–Crippen MR) is 91.0 cm³/mol. The summed E-state index contributed by atoms with van der Waals surface area (Å²) in [5.41, 5.74) is -0.0480. The van der Waals surface area contributed by atoms with Crippen molar-refractivity contribution in [3.8, 4) is 6.07 Å². The van der Waals surface area contributed by atoms with Crippen LogP contribution in [0.5, 0.6) is 0 Å². The summed E-state index contributed by atoms with van der Waals surface area (Å²) in [6, 6.07) is 10.4. The maximum atomic E-state index is 12.1. The highest BCUT2D eigenvalue weighted by Gasteiger charge is 2.20. The van der Waals surface area contributed by atoms with Gasteiger partial charge in [-0.05, 0) is 24.3 Å². The quantitative estimate of drug-likeness (QED) is 0.563. The molecule has 130 valence electrons. The van der Waals surface area contributed by atoms with E-state index in [1.165, 1.54) is 30.3 Å². The van der Waals surface area contributed by atoms with E-state index in [1.54, 1.807) is 12.1 Å². The summed E-state index contributed by atoms with van der Waals surface area (Å²) in [5.74, 6) is -1.36. The van der Waals surface area contributed by atoms with E-state index in [2.05, 4.69) is 0 Å². The van der Waals surface area contributed by atoms with Gasteiger partial charge in [0, 0.05) is 0 Å². The summed E-state index contributed by atoms with van der Waals surface area (Å²) in [7, 11) is -4.06. The third kappa shape index (κ3) is 5.11. The first-order valence-corrected chi connectivity index (χ1v) is 9.44. The van der Waals surface area contributed by atoms with Gasteiger partial charge in [-0.25, -0.2) is 8.42 Å². The number of hydrogen-bond donors (Lipinski definition) is 1. The molecule has 0 spiro atoms. The molecule has 0 bridgehead atoms. The number of nitriles is 1. The topological polar surface area (TPSA) is 113 Å². The van der Waals surface area contributed by atoms with Crippen LogP contribution in [0, 0.1) is 11.3 Å². The zero-order valence-electron chi connectivity index (χ0n) is 12.6. The van der Waals surface area contributed by atoms with E-state index in [-0.39, 0.29) is 10.5 Å². The zero-order chi connectivity index (χ0) is 18.4. The minimum absolute atomic E-state index is 0.0480. The van der Waals surface area contributed by atoms with Crippen LogP contribution in [0.25, 0.3) is 0 Å². The summed E-state index contributed by atoms with van der Waals surface area (Å²) < 4.78 is 31.5. The molecule has 1 aromatic heterocycles. The Hall–Kier alpha value is -2.25. The van der Waals surface area contributed by atoms with Gasteiger partial charge in [-0.2, -0.15) is 9.98 Å². The van der Waals surface area contributed by atoms with Gasteiger partial charge in [-0.1, -0.05) is 23.7 Å². The summed E-state index contributed by atoms with van der Waals surface area (Å²) in [5, 5.41) is 8.93. The number of rotatable bonds is 7. The van der Waals surface area contributed by atoms with Gasteiger partial charge >= 0.3 is 5.97 Å². The number of sulfonamides is 1. The van der Waals surface area contributed by atoms with Crippen LogP contribution < -0.4 is 4.72 Å². The molecule has 0 fully saturated rings. The maximum Gasteiger partial charge on any atom is 0.321 e. The molecule has 0 aliphatic rings. The summed E-state index contributed by atoms with van der Waals surface area (Å²) in [6.07, 6.45) is 0. The van der Waals surface area contributed by atoms with Crippen molar-refractivity contribution in [1.29, 1.82) is 5.26 Å². The van der Waals surface area contributed by atoms with Gasteiger partial charge in [-0.3, -0.25) is 9.59 Å². The SMILES string of the molecule is N#Cc1ccccc1S(=O)(=O)NCC(=O)OCC(=O)c1ccc(Cl)s1. The molecule has 0 amide bonds. The van der Waals surface area contributed by atoms with Crippen molar-refractivity contribution in [2.45, 2.75) is 4.90 Å². The molecule has 0 aliphatic carbocycles. The molecule has 1 N–H and O–H groups in total. The Bertz CT molecular complexity index is 947. The fourth-order valence-electron chi connectivity index (χ4n) is 1.76. The Labute approximate surface area is 152 Å². The molecule has 0 saturated carbocycles. The maximum absolute atomic E-state index is 12.1. The smallest absolute Gasteiger partial charge is 0.321 e. The lowest BCUT2D eigenvalue weighted by molar-refractivity contribution is -0.141. The second-order valence-corrected chi connectivity index (χ2v) is 8.07. The van der Waals surface area contributed by atoms with E-state index in [1.807, 2.05) is 4.72 Å². The Morgan fingerprint density at radius 3 is 2.60 bits per heavy atom. The van der Waals surface area contributed by atoms with Crippen molar-refractivity contribution in [2.24, 2.45) is 0 Å². The number of carbonyl (C=O) groups is 2. The standard InChI is InChI=1S/C15H11ClN2O5S2/c16-14-6-5-12(24-14)11(19)9-23-15(20)8-18-25(21,22)13-4-2-1-3-10(13)7-17/h1-6,18H,8-9H2.